The van der Waals surface area contributed by atoms with Gasteiger partial charge in [-0.1, -0.05) is 0 Å². The summed E-state index contributed by atoms with van der Waals surface area (Å²) < 4.78 is 59.7. The number of nitrogens with two attached hydrogens (primary N) is 1. The Morgan fingerprint density at radius 3 is 2.43 bits per heavy atom. The molecule has 0 atom stereocenters. The number of alkyl halides is 3. The molecule has 0 heterocycles. The summed E-state index contributed by atoms with van der Waals surface area (Å²) in [5, 5.41) is 2.23. The second-order valence-electron chi connectivity index (χ2n) is 4.29. The van der Waals surface area contributed by atoms with Crippen molar-refractivity contribution in [1.29, 1.82) is 0 Å². The van der Waals surface area contributed by atoms with E-state index < -0.39 is 27.5 Å². The lowest BCUT2D eigenvalue weighted by atomic mass is 10.1. The third kappa shape index (κ3) is 5.23. The summed E-state index contributed by atoms with van der Waals surface area (Å²) in [7, 11) is -3.28. The summed E-state index contributed by atoms with van der Waals surface area (Å²) in [5.74, 6) is 3.97. The number of nitrogen functional groups attached to an aromatic ring is 1. The number of hydrazine groups is 1. The maximum Gasteiger partial charge on any atom is 0.416 e. The van der Waals surface area contributed by atoms with Gasteiger partial charge in [0.1, 0.15) is 9.84 Å². The van der Waals surface area contributed by atoms with Gasteiger partial charge in [-0.3, -0.25) is 10.6 Å². The van der Waals surface area contributed by atoms with Crippen LogP contribution in [0.3, 0.4) is 0 Å². The van der Waals surface area contributed by atoms with E-state index in [1.54, 1.807) is 0 Å². The van der Waals surface area contributed by atoms with Crippen LogP contribution in [0.25, 0.3) is 0 Å². The zero-order valence-electron chi connectivity index (χ0n) is 11.0. The van der Waals surface area contributed by atoms with Crippen LogP contribution in [0.4, 0.5) is 18.9 Å². The predicted molar refractivity (Wildman–Crippen MR) is 71.3 cm³/mol. The standard InChI is InChI=1S/C11H14F3N3O3S/c1-21(19,20)5-4-16-10(18)8-6-7(11(12,13)14)2-3-9(8)17-15/h2-3,6,17H,4-5,15H2,1H3,(H,16,18). The van der Waals surface area contributed by atoms with E-state index in [-0.39, 0.29) is 23.5 Å². The first-order chi connectivity index (χ1) is 9.54. The van der Waals surface area contributed by atoms with Crippen molar-refractivity contribution in [1.82, 2.24) is 5.32 Å². The molecule has 1 aromatic rings. The van der Waals surface area contributed by atoms with Crippen molar-refractivity contribution in [3.63, 3.8) is 0 Å². The summed E-state index contributed by atoms with van der Waals surface area (Å²) in [6, 6.07) is 2.45. The minimum Gasteiger partial charge on any atom is -0.351 e. The number of sulfone groups is 1. The Bertz CT molecular complexity index is 629. The number of benzene rings is 1. The molecule has 0 aliphatic rings. The average Bonchev–Trinajstić information content (AvgIpc) is 2.35. The lowest BCUT2D eigenvalue weighted by Crippen LogP contribution is -2.30. The number of nitrogens with one attached hydrogen (secondary N) is 2. The van der Waals surface area contributed by atoms with Crippen molar-refractivity contribution in [3.8, 4) is 0 Å². The molecule has 0 spiro atoms. The third-order valence-corrected chi connectivity index (χ3v) is 3.45. The summed E-state index contributed by atoms with van der Waals surface area (Å²) in [6.45, 7) is -0.210. The van der Waals surface area contributed by atoms with E-state index in [1.165, 1.54) is 0 Å². The number of halogens is 3. The van der Waals surface area contributed by atoms with E-state index >= 15 is 0 Å². The maximum absolute atomic E-state index is 12.6. The molecule has 1 rings (SSSR count). The van der Waals surface area contributed by atoms with Gasteiger partial charge in [-0.15, -0.1) is 0 Å². The number of anilines is 1. The van der Waals surface area contributed by atoms with E-state index in [2.05, 4.69) is 10.7 Å². The minimum absolute atomic E-state index is 0.000134. The first-order valence-corrected chi connectivity index (χ1v) is 7.74. The molecule has 0 aliphatic carbocycles. The Hall–Kier alpha value is -1.81. The second kappa shape index (κ2) is 6.31. The lowest BCUT2D eigenvalue weighted by molar-refractivity contribution is -0.137. The highest BCUT2D eigenvalue weighted by Crippen LogP contribution is 2.31. The number of carbonyl (C=O) groups excluding carboxylic acids is 1. The van der Waals surface area contributed by atoms with Crippen LogP contribution >= 0.6 is 0 Å². The largest absolute Gasteiger partial charge is 0.416 e. The molecule has 0 saturated carbocycles. The molecule has 1 aromatic carbocycles. The van der Waals surface area contributed by atoms with Crippen LogP contribution in [-0.2, 0) is 16.0 Å². The summed E-state index contributed by atoms with van der Waals surface area (Å²) in [6.07, 6.45) is -3.62. The van der Waals surface area contributed by atoms with Crippen LogP contribution in [0.15, 0.2) is 18.2 Å². The van der Waals surface area contributed by atoms with Gasteiger partial charge in [0.15, 0.2) is 0 Å². The normalized spacial score (nSPS) is 12.0. The van der Waals surface area contributed by atoms with Crippen LogP contribution in [0, 0.1) is 0 Å². The van der Waals surface area contributed by atoms with E-state index in [4.69, 9.17) is 5.84 Å². The molecular weight excluding hydrogens is 311 g/mol. The van der Waals surface area contributed by atoms with Crippen LogP contribution in [0.1, 0.15) is 15.9 Å². The fourth-order valence-electron chi connectivity index (χ4n) is 1.48. The van der Waals surface area contributed by atoms with Gasteiger partial charge in [0.05, 0.1) is 22.6 Å². The minimum atomic E-state index is -4.60. The summed E-state index contributed by atoms with van der Waals surface area (Å²) >= 11 is 0. The smallest absolute Gasteiger partial charge is 0.351 e. The van der Waals surface area contributed by atoms with Crippen molar-refractivity contribution in [2.45, 2.75) is 6.18 Å². The highest BCUT2D eigenvalue weighted by Gasteiger charge is 2.31. The number of amides is 1. The van der Waals surface area contributed by atoms with E-state index in [1.807, 2.05) is 0 Å². The van der Waals surface area contributed by atoms with Gasteiger partial charge < -0.3 is 10.7 Å². The van der Waals surface area contributed by atoms with Gasteiger partial charge in [0.2, 0.25) is 0 Å². The van der Waals surface area contributed by atoms with Crippen LogP contribution < -0.4 is 16.6 Å². The van der Waals surface area contributed by atoms with Crippen LogP contribution in [-0.4, -0.2) is 32.9 Å². The molecule has 0 saturated heterocycles. The van der Waals surface area contributed by atoms with Gasteiger partial charge in [-0.25, -0.2) is 8.42 Å². The van der Waals surface area contributed by atoms with Crippen molar-refractivity contribution in [2.75, 3.05) is 24.0 Å². The Morgan fingerprint density at radius 2 is 1.95 bits per heavy atom. The Kier molecular flexibility index (Phi) is 5.18. The molecule has 118 valence electrons. The van der Waals surface area contributed by atoms with Crippen LogP contribution in [0.2, 0.25) is 0 Å². The molecule has 6 nitrogen and oxygen atoms in total. The van der Waals surface area contributed by atoms with Crippen molar-refractivity contribution < 1.29 is 26.4 Å². The SMILES string of the molecule is CS(=O)(=O)CCNC(=O)c1cc(C(F)(F)F)ccc1NN. The maximum atomic E-state index is 12.6. The molecule has 10 heteroatoms. The summed E-state index contributed by atoms with van der Waals surface area (Å²) in [4.78, 5) is 11.8. The molecule has 0 aromatic heterocycles. The zero-order valence-corrected chi connectivity index (χ0v) is 11.8. The first-order valence-electron chi connectivity index (χ1n) is 5.68. The third-order valence-electron chi connectivity index (χ3n) is 2.51. The highest BCUT2D eigenvalue weighted by atomic mass is 32.2. The molecule has 0 unspecified atom stereocenters. The number of hydrogen-bond acceptors (Lipinski definition) is 5. The van der Waals surface area contributed by atoms with Gasteiger partial charge in [-0.2, -0.15) is 13.2 Å². The molecule has 1 amide bonds. The fourth-order valence-corrected chi connectivity index (χ4v) is 1.95. The average molecular weight is 325 g/mol. The summed E-state index contributed by atoms with van der Waals surface area (Å²) in [5.41, 5.74) is 0.792. The fraction of sp³-hybridized carbons (Fsp3) is 0.364. The van der Waals surface area contributed by atoms with E-state index in [0.29, 0.717) is 6.07 Å². The molecule has 0 bridgehead atoms. The van der Waals surface area contributed by atoms with Gasteiger partial charge in [-0.05, 0) is 18.2 Å². The van der Waals surface area contributed by atoms with E-state index in [0.717, 1.165) is 18.4 Å². The number of carbonyl (C=O) groups is 1. The molecule has 0 radical (unpaired) electrons. The molecule has 0 aliphatic heterocycles. The van der Waals surface area contributed by atoms with E-state index in [9.17, 15) is 26.4 Å². The Balaban J connectivity index is 2.96. The van der Waals surface area contributed by atoms with Crippen molar-refractivity contribution in [2.24, 2.45) is 5.84 Å². The topological polar surface area (TPSA) is 101 Å². The lowest BCUT2D eigenvalue weighted by Gasteiger charge is -2.13. The first kappa shape index (κ1) is 17.2. The Morgan fingerprint density at radius 1 is 1.33 bits per heavy atom. The zero-order chi connectivity index (χ0) is 16.3. The van der Waals surface area contributed by atoms with Gasteiger partial charge in [0.25, 0.3) is 5.91 Å². The quantitative estimate of drug-likeness (QED) is 0.548. The van der Waals surface area contributed by atoms with Crippen LogP contribution in [0.5, 0.6) is 0 Å². The molecule has 0 fully saturated rings. The van der Waals surface area contributed by atoms with Crippen molar-refractivity contribution >= 4 is 21.4 Å². The predicted octanol–water partition coefficient (Wildman–Crippen LogP) is 0.765. The van der Waals surface area contributed by atoms with Crippen molar-refractivity contribution in [3.05, 3.63) is 29.3 Å². The Labute approximate surface area is 119 Å². The molecular formula is C11H14F3N3O3S. The van der Waals surface area contributed by atoms with Gasteiger partial charge in [0, 0.05) is 12.8 Å². The number of rotatable bonds is 5. The number of hydrogen-bond donors (Lipinski definition) is 3. The highest BCUT2D eigenvalue weighted by molar-refractivity contribution is 7.90. The monoisotopic (exact) mass is 325 g/mol. The second-order valence-corrected chi connectivity index (χ2v) is 6.55. The molecule has 4 N–H and O–H groups in total. The van der Waals surface area contributed by atoms with Gasteiger partial charge >= 0.3 is 6.18 Å². The molecule has 21 heavy (non-hydrogen) atoms.